The molecular formula is C15H26N2S. The average molecular weight is 266 g/mol. The van der Waals surface area contributed by atoms with Gasteiger partial charge in [0.25, 0.3) is 0 Å². The third kappa shape index (κ3) is 3.34. The van der Waals surface area contributed by atoms with Gasteiger partial charge in [-0.1, -0.05) is 32.8 Å². The van der Waals surface area contributed by atoms with E-state index in [0.717, 1.165) is 25.0 Å². The highest BCUT2D eigenvalue weighted by molar-refractivity contribution is 7.09. The minimum atomic E-state index is 0.564. The molecule has 1 unspecified atom stereocenters. The number of hydrogen-bond donors (Lipinski definition) is 1. The van der Waals surface area contributed by atoms with Crippen molar-refractivity contribution in [1.29, 1.82) is 0 Å². The van der Waals surface area contributed by atoms with Gasteiger partial charge in [0.15, 0.2) is 0 Å². The van der Waals surface area contributed by atoms with E-state index in [0.29, 0.717) is 6.04 Å². The van der Waals surface area contributed by atoms with Crippen molar-refractivity contribution in [3.8, 4) is 0 Å². The van der Waals surface area contributed by atoms with E-state index < -0.39 is 0 Å². The van der Waals surface area contributed by atoms with Gasteiger partial charge in [0.2, 0.25) is 0 Å². The van der Waals surface area contributed by atoms with Gasteiger partial charge in [-0.15, -0.1) is 11.3 Å². The maximum absolute atomic E-state index is 6.08. The van der Waals surface area contributed by atoms with Crippen LogP contribution in [-0.4, -0.2) is 23.5 Å². The summed E-state index contributed by atoms with van der Waals surface area (Å²) in [6.07, 6.45) is 5.21. The Morgan fingerprint density at radius 2 is 2.11 bits per heavy atom. The van der Waals surface area contributed by atoms with E-state index in [2.05, 4.69) is 36.3 Å². The topological polar surface area (TPSA) is 29.3 Å². The van der Waals surface area contributed by atoms with Gasteiger partial charge < -0.3 is 5.73 Å². The Bertz CT molecular complexity index is 328. The summed E-state index contributed by atoms with van der Waals surface area (Å²) in [6.45, 7) is 6.50. The Hall–Kier alpha value is -0.380. The molecule has 3 heteroatoms. The second-order valence-electron chi connectivity index (χ2n) is 5.36. The van der Waals surface area contributed by atoms with Crippen LogP contribution in [0.15, 0.2) is 17.5 Å². The van der Waals surface area contributed by atoms with Gasteiger partial charge >= 0.3 is 0 Å². The molecule has 1 aliphatic rings. The molecule has 0 spiro atoms. The molecule has 1 heterocycles. The molecule has 0 amide bonds. The molecule has 1 aromatic heterocycles. The van der Waals surface area contributed by atoms with Crippen LogP contribution in [0.1, 0.15) is 44.4 Å². The highest BCUT2D eigenvalue weighted by atomic mass is 32.1. The summed E-state index contributed by atoms with van der Waals surface area (Å²) in [4.78, 5) is 4.16. The first-order chi connectivity index (χ1) is 8.80. The first-order valence-electron chi connectivity index (χ1n) is 7.28. The molecule has 0 aliphatic heterocycles. The summed E-state index contributed by atoms with van der Waals surface area (Å²) < 4.78 is 0. The van der Waals surface area contributed by atoms with E-state index in [-0.39, 0.29) is 0 Å². The molecule has 1 atom stereocenters. The third-order valence-corrected chi connectivity index (χ3v) is 5.06. The SMILES string of the molecule is CCC(CC)C(CN)N(Cc1cccs1)C1CC1. The molecule has 0 saturated heterocycles. The normalized spacial score (nSPS) is 17.6. The summed E-state index contributed by atoms with van der Waals surface area (Å²) in [7, 11) is 0. The summed E-state index contributed by atoms with van der Waals surface area (Å²) in [5.74, 6) is 0.746. The lowest BCUT2D eigenvalue weighted by Gasteiger charge is -2.36. The van der Waals surface area contributed by atoms with Gasteiger partial charge in [-0.25, -0.2) is 0 Å². The van der Waals surface area contributed by atoms with Crippen molar-refractivity contribution in [3.05, 3.63) is 22.4 Å². The zero-order valence-corrected chi connectivity index (χ0v) is 12.5. The largest absolute Gasteiger partial charge is 0.329 e. The Labute approximate surface area is 115 Å². The predicted octanol–water partition coefficient (Wildman–Crippen LogP) is 3.48. The van der Waals surface area contributed by atoms with E-state index in [9.17, 15) is 0 Å². The zero-order chi connectivity index (χ0) is 13.0. The summed E-state index contributed by atoms with van der Waals surface area (Å²) in [5, 5.41) is 2.18. The smallest absolute Gasteiger partial charge is 0.0334 e. The second-order valence-corrected chi connectivity index (χ2v) is 6.39. The van der Waals surface area contributed by atoms with E-state index in [1.165, 1.54) is 30.6 Å². The van der Waals surface area contributed by atoms with Gasteiger partial charge in [-0.05, 0) is 30.2 Å². The highest BCUT2D eigenvalue weighted by Crippen LogP contribution is 2.34. The number of nitrogens with two attached hydrogens (primary N) is 1. The molecule has 0 radical (unpaired) electrons. The maximum Gasteiger partial charge on any atom is 0.0334 e. The molecule has 102 valence electrons. The van der Waals surface area contributed by atoms with Crippen molar-refractivity contribution in [3.63, 3.8) is 0 Å². The molecule has 18 heavy (non-hydrogen) atoms. The van der Waals surface area contributed by atoms with Gasteiger partial charge in [-0.3, -0.25) is 4.90 Å². The lowest BCUT2D eigenvalue weighted by Crippen LogP contribution is -2.46. The Morgan fingerprint density at radius 3 is 2.56 bits per heavy atom. The number of nitrogens with zero attached hydrogens (tertiary/aromatic N) is 1. The predicted molar refractivity (Wildman–Crippen MR) is 79.8 cm³/mol. The first kappa shape index (κ1) is 14.0. The number of hydrogen-bond acceptors (Lipinski definition) is 3. The fraction of sp³-hybridized carbons (Fsp3) is 0.733. The van der Waals surface area contributed by atoms with Crippen LogP contribution in [0.3, 0.4) is 0 Å². The van der Waals surface area contributed by atoms with Gasteiger partial charge in [0, 0.05) is 30.1 Å². The van der Waals surface area contributed by atoms with Crippen LogP contribution in [0.4, 0.5) is 0 Å². The molecule has 2 nitrogen and oxygen atoms in total. The van der Waals surface area contributed by atoms with Crippen LogP contribution >= 0.6 is 11.3 Å². The quantitative estimate of drug-likeness (QED) is 0.780. The van der Waals surface area contributed by atoms with Crippen LogP contribution in [0, 0.1) is 5.92 Å². The maximum atomic E-state index is 6.08. The molecule has 2 rings (SSSR count). The summed E-state index contributed by atoms with van der Waals surface area (Å²) >= 11 is 1.87. The lowest BCUT2D eigenvalue weighted by molar-refractivity contribution is 0.124. The van der Waals surface area contributed by atoms with Crippen molar-refractivity contribution in [1.82, 2.24) is 4.90 Å². The Morgan fingerprint density at radius 1 is 1.39 bits per heavy atom. The van der Waals surface area contributed by atoms with E-state index in [1.807, 2.05) is 11.3 Å². The molecule has 1 saturated carbocycles. The van der Waals surface area contributed by atoms with E-state index >= 15 is 0 Å². The zero-order valence-electron chi connectivity index (χ0n) is 11.6. The highest BCUT2D eigenvalue weighted by Gasteiger charge is 2.35. The van der Waals surface area contributed by atoms with Gasteiger partial charge in [0.1, 0.15) is 0 Å². The second kappa shape index (κ2) is 6.69. The van der Waals surface area contributed by atoms with Crippen LogP contribution in [0.5, 0.6) is 0 Å². The fourth-order valence-electron chi connectivity index (χ4n) is 2.94. The molecule has 1 aliphatic carbocycles. The average Bonchev–Trinajstić information content (AvgIpc) is 3.11. The van der Waals surface area contributed by atoms with Gasteiger partial charge in [-0.2, -0.15) is 0 Å². The molecule has 1 aromatic rings. The van der Waals surface area contributed by atoms with Crippen LogP contribution in [0.2, 0.25) is 0 Å². The molecule has 2 N–H and O–H groups in total. The van der Waals surface area contributed by atoms with Crippen LogP contribution in [-0.2, 0) is 6.54 Å². The van der Waals surface area contributed by atoms with E-state index in [1.54, 1.807) is 0 Å². The summed E-state index contributed by atoms with van der Waals surface area (Å²) in [5.41, 5.74) is 6.08. The Balaban J connectivity index is 2.07. The van der Waals surface area contributed by atoms with Crippen molar-refractivity contribution in [2.75, 3.05) is 6.54 Å². The monoisotopic (exact) mass is 266 g/mol. The standard InChI is InChI=1S/C15H26N2S/c1-3-12(4-2)15(10-16)17(13-7-8-13)11-14-6-5-9-18-14/h5-6,9,12-13,15H,3-4,7-8,10-11,16H2,1-2H3. The van der Waals surface area contributed by atoms with Crippen molar-refractivity contribution < 1.29 is 0 Å². The summed E-state index contributed by atoms with van der Waals surface area (Å²) in [6, 6.07) is 5.76. The molecule has 0 aromatic carbocycles. The molecule has 0 bridgehead atoms. The number of rotatable bonds is 8. The van der Waals surface area contributed by atoms with Crippen molar-refractivity contribution in [2.24, 2.45) is 11.7 Å². The van der Waals surface area contributed by atoms with Gasteiger partial charge in [0.05, 0.1) is 0 Å². The van der Waals surface area contributed by atoms with E-state index in [4.69, 9.17) is 5.73 Å². The fourth-order valence-corrected chi connectivity index (χ4v) is 3.65. The Kier molecular flexibility index (Phi) is 5.22. The van der Waals surface area contributed by atoms with Crippen LogP contribution in [0.25, 0.3) is 0 Å². The molecular weight excluding hydrogens is 240 g/mol. The third-order valence-electron chi connectivity index (χ3n) is 4.19. The van der Waals surface area contributed by atoms with Crippen molar-refractivity contribution in [2.45, 2.75) is 58.2 Å². The number of thiophene rings is 1. The minimum Gasteiger partial charge on any atom is -0.329 e. The minimum absolute atomic E-state index is 0.564. The van der Waals surface area contributed by atoms with Crippen LogP contribution < -0.4 is 5.73 Å². The van der Waals surface area contributed by atoms with Crippen molar-refractivity contribution >= 4 is 11.3 Å². The molecule has 1 fully saturated rings. The first-order valence-corrected chi connectivity index (χ1v) is 8.16. The lowest BCUT2D eigenvalue weighted by atomic mass is 9.92.